The Morgan fingerprint density at radius 3 is 2.84 bits per heavy atom. The van der Waals surface area contributed by atoms with Crippen molar-refractivity contribution in [1.82, 2.24) is 4.90 Å². The van der Waals surface area contributed by atoms with E-state index in [0.29, 0.717) is 38.5 Å². The molecule has 2 aliphatic rings. The molecule has 0 unspecified atom stereocenters. The number of carbonyl (C=O) groups excluding carboxylic acids is 1. The standard InChI is InChI=1S/C24H33NO5S/c26-21(16-18-3-1-4-19(15-18)17-30-22-9-10-22)8-6-20-7-11-23(27)25(20)12-14-31-13-2-5-24(28)29/h1,3-4,6,8,15,20-22,26H,2,5,7,9-14,16-17H2,(H,28,29)/b8-6+/t20-,21+/m0/s1. The highest BCUT2D eigenvalue weighted by atomic mass is 32.2. The van der Waals surface area contributed by atoms with Crippen molar-refractivity contribution in [2.75, 3.05) is 18.1 Å². The molecule has 1 saturated carbocycles. The van der Waals surface area contributed by atoms with Gasteiger partial charge in [-0.3, -0.25) is 9.59 Å². The summed E-state index contributed by atoms with van der Waals surface area (Å²) in [4.78, 5) is 24.6. The molecule has 31 heavy (non-hydrogen) atoms. The van der Waals surface area contributed by atoms with Crippen LogP contribution in [0.1, 0.15) is 49.7 Å². The number of carbonyl (C=O) groups is 2. The van der Waals surface area contributed by atoms with Gasteiger partial charge in [0.05, 0.1) is 24.9 Å². The Labute approximate surface area is 188 Å². The lowest BCUT2D eigenvalue weighted by molar-refractivity contribution is -0.137. The second-order valence-electron chi connectivity index (χ2n) is 8.29. The molecule has 1 heterocycles. The number of carboxylic acids is 1. The van der Waals surface area contributed by atoms with Crippen LogP contribution in [0.5, 0.6) is 0 Å². The van der Waals surface area contributed by atoms with Crippen molar-refractivity contribution >= 4 is 23.6 Å². The van der Waals surface area contributed by atoms with Gasteiger partial charge in [0, 0.05) is 31.6 Å². The Kier molecular flexibility index (Phi) is 9.43. The summed E-state index contributed by atoms with van der Waals surface area (Å²) in [7, 11) is 0. The van der Waals surface area contributed by atoms with Gasteiger partial charge in [0.25, 0.3) is 0 Å². The number of carboxylic acid groups (broad SMARTS) is 1. The lowest BCUT2D eigenvalue weighted by Crippen LogP contribution is -2.34. The number of amides is 1. The SMILES string of the molecule is O=C(O)CCCSCCN1C(=O)CC[C@@H]1/C=C/[C@@H](O)Cc1cccc(COC2CC2)c1. The first-order valence-corrected chi connectivity index (χ1v) is 12.3. The summed E-state index contributed by atoms with van der Waals surface area (Å²) in [5, 5.41) is 19.2. The van der Waals surface area contributed by atoms with Gasteiger partial charge < -0.3 is 19.8 Å². The number of aliphatic carboxylic acids is 1. The summed E-state index contributed by atoms with van der Waals surface area (Å²) in [6.45, 7) is 1.28. The Morgan fingerprint density at radius 1 is 1.26 bits per heavy atom. The molecule has 7 heteroatoms. The van der Waals surface area contributed by atoms with Crippen LogP contribution >= 0.6 is 11.8 Å². The van der Waals surface area contributed by atoms with Crippen molar-refractivity contribution in [2.45, 2.75) is 69.8 Å². The largest absolute Gasteiger partial charge is 0.481 e. The Morgan fingerprint density at radius 2 is 2.06 bits per heavy atom. The van der Waals surface area contributed by atoms with Crippen molar-refractivity contribution in [3.8, 4) is 0 Å². The van der Waals surface area contributed by atoms with E-state index in [1.54, 1.807) is 11.8 Å². The van der Waals surface area contributed by atoms with Gasteiger partial charge in [-0.15, -0.1) is 0 Å². The lowest BCUT2D eigenvalue weighted by Gasteiger charge is -2.22. The fourth-order valence-electron chi connectivity index (χ4n) is 3.70. The first-order valence-electron chi connectivity index (χ1n) is 11.2. The fraction of sp³-hybridized carbons (Fsp3) is 0.583. The molecule has 3 rings (SSSR count). The topological polar surface area (TPSA) is 87.1 Å². The Balaban J connectivity index is 1.41. The van der Waals surface area contributed by atoms with E-state index in [0.717, 1.165) is 41.9 Å². The highest BCUT2D eigenvalue weighted by molar-refractivity contribution is 7.99. The second-order valence-corrected chi connectivity index (χ2v) is 9.51. The first kappa shape index (κ1) is 23.8. The number of aliphatic hydroxyl groups is 1. The maximum absolute atomic E-state index is 12.2. The summed E-state index contributed by atoms with van der Waals surface area (Å²) in [6, 6.07) is 8.19. The highest BCUT2D eigenvalue weighted by Crippen LogP contribution is 2.25. The van der Waals surface area contributed by atoms with Crippen LogP contribution in [0.4, 0.5) is 0 Å². The van der Waals surface area contributed by atoms with Crippen molar-refractivity contribution in [3.05, 3.63) is 47.5 Å². The minimum Gasteiger partial charge on any atom is -0.481 e. The number of hydrogen-bond donors (Lipinski definition) is 2. The van der Waals surface area contributed by atoms with Crippen molar-refractivity contribution < 1.29 is 24.5 Å². The molecule has 2 N–H and O–H groups in total. The molecule has 0 bridgehead atoms. The van der Waals surface area contributed by atoms with E-state index in [4.69, 9.17) is 9.84 Å². The number of thioether (sulfide) groups is 1. The van der Waals surface area contributed by atoms with Crippen molar-refractivity contribution in [2.24, 2.45) is 0 Å². The second kappa shape index (κ2) is 12.3. The van der Waals surface area contributed by atoms with E-state index < -0.39 is 12.1 Å². The molecule has 2 fully saturated rings. The predicted molar refractivity (Wildman–Crippen MR) is 122 cm³/mol. The van der Waals surface area contributed by atoms with Gasteiger partial charge in [-0.05, 0) is 42.6 Å². The van der Waals surface area contributed by atoms with Crippen molar-refractivity contribution in [1.29, 1.82) is 0 Å². The zero-order valence-corrected chi connectivity index (χ0v) is 18.8. The van der Waals surface area contributed by atoms with E-state index in [-0.39, 0.29) is 18.4 Å². The monoisotopic (exact) mass is 447 g/mol. The minimum absolute atomic E-state index is 0.0278. The van der Waals surface area contributed by atoms with Crippen LogP contribution in [0.25, 0.3) is 0 Å². The average molecular weight is 448 g/mol. The molecule has 1 aliphatic heterocycles. The highest BCUT2D eigenvalue weighted by Gasteiger charge is 2.28. The van der Waals surface area contributed by atoms with Crippen LogP contribution < -0.4 is 0 Å². The average Bonchev–Trinajstić information content (AvgIpc) is 3.51. The number of likely N-dealkylation sites (tertiary alicyclic amines) is 1. The molecule has 6 nitrogen and oxygen atoms in total. The van der Waals surface area contributed by atoms with E-state index in [1.807, 2.05) is 29.2 Å². The molecular weight excluding hydrogens is 414 g/mol. The smallest absolute Gasteiger partial charge is 0.303 e. The van der Waals surface area contributed by atoms with Gasteiger partial charge in [-0.25, -0.2) is 0 Å². The summed E-state index contributed by atoms with van der Waals surface area (Å²) < 4.78 is 5.76. The van der Waals surface area contributed by atoms with E-state index in [9.17, 15) is 14.7 Å². The maximum Gasteiger partial charge on any atom is 0.303 e. The summed E-state index contributed by atoms with van der Waals surface area (Å²) in [5.74, 6) is 0.975. The Hall–Kier alpha value is -1.83. The van der Waals surface area contributed by atoms with Gasteiger partial charge in [0.1, 0.15) is 0 Å². The van der Waals surface area contributed by atoms with E-state index in [2.05, 4.69) is 12.1 Å². The van der Waals surface area contributed by atoms with E-state index in [1.165, 1.54) is 0 Å². The number of hydrogen-bond acceptors (Lipinski definition) is 5. The molecule has 1 aromatic rings. The van der Waals surface area contributed by atoms with Crippen LogP contribution in [0.2, 0.25) is 0 Å². The Bertz CT molecular complexity index is 764. The van der Waals surface area contributed by atoms with Gasteiger partial charge >= 0.3 is 5.97 Å². The van der Waals surface area contributed by atoms with Crippen LogP contribution in [-0.4, -0.2) is 63.3 Å². The number of aliphatic hydroxyl groups excluding tert-OH is 1. The lowest BCUT2D eigenvalue weighted by atomic mass is 10.0. The molecule has 0 spiro atoms. The zero-order valence-electron chi connectivity index (χ0n) is 17.9. The third kappa shape index (κ3) is 8.67. The summed E-state index contributed by atoms with van der Waals surface area (Å²) in [6.07, 6.45) is 8.62. The molecule has 1 aromatic carbocycles. The summed E-state index contributed by atoms with van der Waals surface area (Å²) >= 11 is 1.68. The molecule has 170 valence electrons. The van der Waals surface area contributed by atoms with Crippen LogP contribution in [0.3, 0.4) is 0 Å². The number of ether oxygens (including phenoxy) is 1. The minimum atomic E-state index is -0.766. The number of rotatable bonds is 14. The van der Waals surface area contributed by atoms with Crippen LogP contribution in [0.15, 0.2) is 36.4 Å². The molecule has 1 saturated heterocycles. The predicted octanol–water partition coefficient (Wildman–Crippen LogP) is 3.41. The molecule has 0 aromatic heterocycles. The molecule has 1 aliphatic carbocycles. The van der Waals surface area contributed by atoms with Crippen LogP contribution in [0, 0.1) is 0 Å². The number of benzene rings is 1. The van der Waals surface area contributed by atoms with Gasteiger partial charge in [0.2, 0.25) is 5.91 Å². The van der Waals surface area contributed by atoms with Crippen LogP contribution in [-0.2, 0) is 27.4 Å². The normalized spacial score (nSPS) is 20.0. The molecular formula is C24H33NO5S. The maximum atomic E-state index is 12.2. The van der Waals surface area contributed by atoms with Gasteiger partial charge in [0.15, 0.2) is 0 Å². The van der Waals surface area contributed by atoms with E-state index >= 15 is 0 Å². The van der Waals surface area contributed by atoms with Crippen molar-refractivity contribution in [3.63, 3.8) is 0 Å². The molecule has 0 radical (unpaired) electrons. The molecule has 1 amide bonds. The zero-order chi connectivity index (χ0) is 22.1. The third-order valence-corrected chi connectivity index (χ3v) is 6.58. The quantitative estimate of drug-likeness (QED) is 0.336. The fourth-order valence-corrected chi connectivity index (χ4v) is 4.58. The summed E-state index contributed by atoms with van der Waals surface area (Å²) in [5.41, 5.74) is 2.21. The number of nitrogens with zero attached hydrogens (tertiary/aromatic N) is 1. The third-order valence-electron chi connectivity index (χ3n) is 5.53. The van der Waals surface area contributed by atoms with Gasteiger partial charge in [-0.1, -0.05) is 36.4 Å². The first-order chi connectivity index (χ1) is 15.0. The molecule has 2 atom stereocenters. The van der Waals surface area contributed by atoms with Gasteiger partial charge in [-0.2, -0.15) is 11.8 Å².